The van der Waals surface area contributed by atoms with E-state index in [1.54, 1.807) is 20.8 Å². The molecule has 0 bridgehead atoms. The van der Waals surface area contributed by atoms with Gasteiger partial charge in [-0.25, -0.2) is 12.8 Å². The van der Waals surface area contributed by atoms with Crippen LogP contribution in [0.3, 0.4) is 0 Å². The number of nitrogens with zero attached hydrogens (tertiary/aromatic N) is 1. The summed E-state index contributed by atoms with van der Waals surface area (Å²) in [4.78, 5) is 0.181. The summed E-state index contributed by atoms with van der Waals surface area (Å²) < 4.78 is 39.7. The topological polar surface area (TPSA) is 63.4 Å². The summed E-state index contributed by atoms with van der Waals surface area (Å²) in [5, 5.41) is 0. The van der Waals surface area contributed by atoms with Crippen molar-refractivity contribution in [3.05, 3.63) is 29.1 Å². The molecule has 1 rings (SSSR count). The second-order valence-corrected chi connectivity index (χ2v) is 6.75. The van der Waals surface area contributed by atoms with Crippen molar-refractivity contribution in [1.29, 1.82) is 0 Å². The van der Waals surface area contributed by atoms with Gasteiger partial charge in [0.2, 0.25) is 10.0 Å². The minimum Gasteiger partial charge on any atom is -0.330 e. The number of hydrogen-bond acceptors (Lipinski definition) is 3. The largest absolute Gasteiger partial charge is 0.330 e. The van der Waals surface area contributed by atoms with Gasteiger partial charge in [-0.05, 0) is 57.0 Å². The summed E-state index contributed by atoms with van der Waals surface area (Å²) in [7, 11) is -2.10. The summed E-state index contributed by atoms with van der Waals surface area (Å²) in [5.41, 5.74) is 6.30. The lowest BCUT2D eigenvalue weighted by Crippen LogP contribution is -2.37. The molecule has 0 amide bonds. The first-order chi connectivity index (χ1) is 8.71. The highest BCUT2D eigenvalue weighted by atomic mass is 32.2. The molecule has 0 spiro atoms. The molecule has 19 heavy (non-hydrogen) atoms. The van der Waals surface area contributed by atoms with Gasteiger partial charge in [0.05, 0.1) is 4.90 Å². The average Bonchev–Trinajstić information content (AvgIpc) is 2.26. The van der Waals surface area contributed by atoms with Crippen LogP contribution in [0.4, 0.5) is 4.39 Å². The number of nitrogens with two attached hydrogens (primary N) is 1. The molecule has 0 aliphatic heterocycles. The Morgan fingerprint density at radius 2 is 1.79 bits per heavy atom. The van der Waals surface area contributed by atoms with Crippen molar-refractivity contribution >= 4 is 10.0 Å². The second-order valence-electron chi connectivity index (χ2n) is 4.82. The monoisotopic (exact) mass is 288 g/mol. The quantitative estimate of drug-likeness (QED) is 0.898. The molecular weight excluding hydrogens is 267 g/mol. The van der Waals surface area contributed by atoms with E-state index in [1.807, 2.05) is 0 Å². The highest BCUT2D eigenvalue weighted by Crippen LogP contribution is 2.25. The van der Waals surface area contributed by atoms with Crippen LogP contribution in [0.15, 0.2) is 17.0 Å². The van der Waals surface area contributed by atoms with Crippen molar-refractivity contribution in [2.75, 3.05) is 13.6 Å². The maximum atomic E-state index is 13.3. The maximum absolute atomic E-state index is 13.3. The van der Waals surface area contributed by atoms with Crippen LogP contribution < -0.4 is 5.73 Å². The molecule has 1 aromatic rings. The van der Waals surface area contributed by atoms with Crippen molar-refractivity contribution in [2.24, 2.45) is 5.73 Å². The third kappa shape index (κ3) is 3.32. The Morgan fingerprint density at radius 3 is 2.21 bits per heavy atom. The predicted molar refractivity (Wildman–Crippen MR) is 74.0 cm³/mol. The van der Waals surface area contributed by atoms with Crippen LogP contribution in [0.25, 0.3) is 0 Å². The molecule has 1 unspecified atom stereocenters. The summed E-state index contributed by atoms with van der Waals surface area (Å²) in [6, 6.07) is 2.28. The van der Waals surface area contributed by atoms with Crippen LogP contribution >= 0.6 is 0 Å². The van der Waals surface area contributed by atoms with Crippen LogP contribution in [0, 0.1) is 19.7 Å². The Labute approximate surface area is 114 Å². The smallest absolute Gasteiger partial charge is 0.243 e. The summed E-state index contributed by atoms with van der Waals surface area (Å²) in [6.07, 6.45) is 0.578. The summed E-state index contributed by atoms with van der Waals surface area (Å²) in [5.74, 6) is -0.424. The fraction of sp³-hybridized carbons (Fsp3) is 0.538. The van der Waals surface area contributed by atoms with Gasteiger partial charge in [0.25, 0.3) is 0 Å². The van der Waals surface area contributed by atoms with E-state index in [-0.39, 0.29) is 10.9 Å². The first-order valence-electron chi connectivity index (χ1n) is 6.16. The van der Waals surface area contributed by atoms with Crippen molar-refractivity contribution in [3.8, 4) is 0 Å². The molecule has 2 N–H and O–H groups in total. The lowest BCUT2D eigenvalue weighted by molar-refractivity contribution is 0.374. The van der Waals surface area contributed by atoms with Gasteiger partial charge in [0.1, 0.15) is 5.82 Å². The third-order valence-electron chi connectivity index (χ3n) is 3.27. The van der Waals surface area contributed by atoms with Gasteiger partial charge in [-0.3, -0.25) is 0 Å². The molecule has 0 radical (unpaired) electrons. The van der Waals surface area contributed by atoms with Crippen molar-refractivity contribution < 1.29 is 12.8 Å². The normalized spacial score (nSPS) is 13.8. The van der Waals surface area contributed by atoms with Gasteiger partial charge >= 0.3 is 0 Å². The van der Waals surface area contributed by atoms with Crippen LogP contribution in [0.1, 0.15) is 24.5 Å². The third-order valence-corrected chi connectivity index (χ3v) is 5.55. The Hall–Kier alpha value is -0.980. The first-order valence-corrected chi connectivity index (χ1v) is 7.60. The number of rotatable bonds is 5. The number of aryl methyl sites for hydroxylation is 2. The molecule has 0 heterocycles. The molecule has 6 heteroatoms. The Morgan fingerprint density at radius 1 is 1.32 bits per heavy atom. The number of halogens is 1. The SMILES string of the molecule is Cc1cc(F)cc(C)c1S(=O)(=O)N(C)C(C)CCN. The standard InChI is InChI=1S/C13H21FN2O2S/c1-9-7-12(14)8-10(2)13(9)19(17,18)16(4)11(3)5-6-15/h7-8,11H,5-6,15H2,1-4H3. The molecule has 0 aromatic heterocycles. The average molecular weight is 288 g/mol. The molecular formula is C13H21FN2O2S. The summed E-state index contributed by atoms with van der Waals surface area (Å²) >= 11 is 0. The van der Waals surface area contributed by atoms with E-state index < -0.39 is 15.8 Å². The summed E-state index contributed by atoms with van der Waals surface area (Å²) in [6.45, 7) is 5.43. The fourth-order valence-electron chi connectivity index (χ4n) is 2.11. The molecule has 0 aliphatic rings. The Kier molecular flexibility index (Phi) is 5.06. The minimum atomic E-state index is -3.63. The van der Waals surface area contributed by atoms with E-state index in [4.69, 9.17) is 5.73 Å². The number of hydrogen-bond donors (Lipinski definition) is 1. The maximum Gasteiger partial charge on any atom is 0.243 e. The van der Waals surface area contributed by atoms with E-state index in [0.717, 1.165) is 0 Å². The fourth-order valence-corrected chi connectivity index (χ4v) is 3.91. The molecule has 1 atom stereocenters. The molecule has 0 saturated carbocycles. The van der Waals surface area contributed by atoms with Crippen LogP contribution in [0.5, 0.6) is 0 Å². The van der Waals surface area contributed by atoms with Crippen molar-refractivity contribution in [3.63, 3.8) is 0 Å². The zero-order chi connectivity index (χ0) is 14.8. The van der Waals surface area contributed by atoms with E-state index in [1.165, 1.54) is 23.5 Å². The van der Waals surface area contributed by atoms with Crippen LogP contribution in [-0.2, 0) is 10.0 Å². The lowest BCUT2D eigenvalue weighted by atomic mass is 10.1. The highest BCUT2D eigenvalue weighted by molar-refractivity contribution is 7.89. The van der Waals surface area contributed by atoms with Gasteiger partial charge in [0, 0.05) is 13.1 Å². The van der Waals surface area contributed by atoms with Crippen molar-refractivity contribution in [2.45, 2.75) is 38.1 Å². The zero-order valence-corrected chi connectivity index (χ0v) is 12.6. The van der Waals surface area contributed by atoms with Gasteiger partial charge in [0.15, 0.2) is 0 Å². The second kappa shape index (κ2) is 5.98. The van der Waals surface area contributed by atoms with E-state index >= 15 is 0 Å². The molecule has 1 aromatic carbocycles. The molecule has 0 aliphatic carbocycles. The van der Waals surface area contributed by atoms with Gasteiger partial charge in [-0.2, -0.15) is 4.31 Å². The Bertz CT molecular complexity index is 535. The lowest BCUT2D eigenvalue weighted by Gasteiger charge is -2.25. The number of benzene rings is 1. The van der Waals surface area contributed by atoms with E-state index in [9.17, 15) is 12.8 Å². The van der Waals surface area contributed by atoms with E-state index in [2.05, 4.69) is 0 Å². The van der Waals surface area contributed by atoms with Crippen LogP contribution in [-0.4, -0.2) is 32.4 Å². The molecule has 108 valence electrons. The van der Waals surface area contributed by atoms with E-state index in [0.29, 0.717) is 24.1 Å². The van der Waals surface area contributed by atoms with Crippen molar-refractivity contribution in [1.82, 2.24) is 4.31 Å². The Balaban J connectivity index is 3.28. The first kappa shape index (κ1) is 16.1. The molecule has 0 saturated heterocycles. The predicted octanol–water partition coefficient (Wildman–Crippen LogP) is 1.80. The van der Waals surface area contributed by atoms with Gasteiger partial charge in [-0.1, -0.05) is 0 Å². The minimum absolute atomic E-state index is 0.181. The van der Waals surface area contributed by atoms with Gasteiger partial charge in [-0.15, -0.1) is 0 Å². The highest BCUT2D eigenvalue weighted by Gasteiger charge is 2.28. The van der Waals surface area contributed by atoms with Gasteiger partial charge < -0.3 is 5.73 Å². The van der Waals surface area contributed by atoms with Crippen LogP contribution in [0.2, 0.25) is 0 Å². The molecule has 4 nitrogen and oxygen atoms in total. The number of sulfonamides is 1. The molecule has 0 fully saturated rings. The zero-order valence-electron chi connectivity index (χ0n) is 11.8.